The van der Waals surface area contributed by atoms with Crippen LogP contribution >= 0.6 is 0 Å². The highest BCUT2D eigenvalue weighted by Crippen LogP contribution is 2.58. The van der Waals surface area contributed by atoms with E-state index in [0.717, 1.165) is 38.5 Å². The lowest BCUT2D eigenvalue weighted by molar-refractivity contribution is -0.224. The average Bonchev–Trinajstić information content (AvgIpc) is 3.96. The van der Waals surface area contributed by atoms with Gasteiger partial charge in [-0.1, -0.05) is 89.8 Å². The summed E-state index contributed by atoms with van der Waals surface area (Å²) < 4.78 is 36.2. The summed E-state index contributed by atoms with van der Waals surface area (Å²) in [6.07, 6.45) is 5.75. The first-order valence-electron chi connectivity index (χ1n) is 25.0. The van der Waals surface area contributed by atoms with Gasteiger partial charge < -0.3 is 44.2 Å². The number of hydrogen-bond acceptors (Lipinski definition) is 15. The van der Waals surface area contributed by atoms with Gasteiger partial charge in [0, 0.05) is 49.3 Å². The molecule has 2 aromatic carbocycles. The van der Waals surface area contributed by atoms with Gasteiger partial charge in [0.1, 0.15) is 42.0 Å². The van der Waals surface area contributed by atoms with E-state index in [4.69, 9.17) is 33.3 Å². The van der Waals surface area contributed by atoms with E-state index in [-0.39, 0.29) is 51.1 Å². The summed E-state index contributed by atoms with van der Waals surface area (Å²) in [7, 11) is 0. The number of carbonyl (C=O) groups excluding carboxylic acids is 6. The van der Waals surface area contributed by atoms with E-state index < -0.39 is 101 Å². The van der Waals surface area contributed by atoms with Crippen LogP contribution in [0.2, 0.25) is 0 Å². The van der Waals surface area contributed by atoms with Gasteiger partial charge in [0.05, 0.1) is 19.2 Å². The smallest absolute Gasteiger partial charge is 0.348 e. The largest absolute Gasteiger partial charge is 0.462 e. The molecule has 0 spiro atoms. The van der Waals surface area contributed by atoms with Crippen molar-refractivity contribution in [2.75, 3.05) is 13.2 Å². The Balaban J connectivity index is 1.14. The van der Waals surface area contributed by atoms with E-state index in [2.05, 4.69) is 24.5 Å². The second-order valence-electron chi connectivity index (χ2n) is 21.0. The molecule has 0 aromatic heterocycles. The van der Waals surface area contributed by atoms with Crippen molar-refractivity contribution in [2.45, 2.75) is 186 Å². The molecule has 0 unspecified atom stereocenters. The van der Waals surface area contributed by atoms with Gasteiger partial charge >= 0.3 is 23.9 Å². The second kappa shape index (κ2) is 22.1. The molecule has 7 rings (SSSR count). The topological polar surface area (TPSA) is 215 Å². The van der Waals surface area contributed by atoms with Gasteiger partial charge in [-0.05, 0) is 74.9 Å². The van der Waals surface area contributed by atoms with Crippen LogP contribution in [0.3, 0.4) is 0 Å². The van der Waals surface area contributed by atoms with E-state index in [1.165, 1.54) is 11.1 Å². The van der Waals surface area contributed by atoms with Crippen molar-refractivity contribution in [1.82, 2.24) is 15.7 Å². The van der Waals surface area contributed by atoms with Gasteiger partial charge in [-0.3, -0.25) is 24.0 Å². The number of unbranched alkanes of at least 4 members (excludes halogenated alkanes) is 4. The molecule has 3 N–H and O–H groups in total. The summed E-state index contributed by atoms with van der Waals surface area (Å²) in [6.45, 7) is 12.9. The number of aliphatic hydroxyl groups excluding tert-OH is 1. The fraction of sp³-hybridized carbons (Fsp3) is 0.623. The minimum absolute atomic E-state index is 0.00518. The molecule has 1 aliphatic carbocycles. The summed E-state index contributed by atoms with van der Waals surface area (Å²) in [5, 5.41) is 17.4. The Morgan fingerprint density at radius 2 is 1.66 bits per heavy atom. The standard InChI is InChI=1S/C53H71N3O14/c1-8-10-14-25-52(26-15-11-9-2)68-41-38-28-53(49(63)54-29-33-17-16-20-35(27-33)46(60)55-37(31-57)22-24-40(59)67-50(3,4)5)43(47(61)65-38)56(70-44(53)42(41)69-52)30-36-19-13-12-18-34(36)21-23-39(58)66-45-48(62)64-32-51(45,6)7/h12-13,16-21,23,27,37-38,41-45,57H,8-11,14-15,22,24-26,28-32H2,1-7H3,(H,54,63)(H,55,60)/t37-,38+,41-,42-,43+,44+,45-,53+/m0/s1. The van der Waals surface area contributed by atoms with E-state index in [0.29, 0.717) is 29.5 Å². The first-order valence-corrected chi connectivity index (χ1v) is 25.0. The van der Waals surface area contributed by atoms with Gasteiger partial charge in [-0.25, -0.2) is 9.59 Å². The van der Waals surface area contributed by atoms with Gasteiger partial charge in [-0.2, -0.15) is 5.06 Å². The predicted octanol–water partition coefficient (Wildman–Crippen LogP) is 6.16. The van der Waals surface area contributed by atoms with Gasteiger partial charge in [-0.15, -0.1) is 0 Å². The van der Waals surface area contributed by atoms with Crippen LogP contribution in [0.5, 0.6) is 0 Å². The van der Waals surface area contributed by atoms with Crippen LogP contribution in [-0.4, -0.2) is 113 Å². The number of nitrogens with zero attached hydrogens (tertiary/aromatic N) is 1. The maximum Gasteiger partial charge on any atom is 0.348 e. The zero-order valence-corrected chi connectivity index (χ0v) is 41.6. The molecule has 382 valence electrons. The van der Waals surface area contributed by atoms with Crippen molar-refractivity contribution in [1.29, 1.82) is 0 Å². The molecule has 4 saturated heterocycles. The number of carbonyl (C=O) groups is 6. The summed E-state index contributed by atoms with van der Waals surface area (Å²) in [6, 6.07) is 12.0. The third kappa shape index (κ3) is 11.8. The number of hydrogen-bond donors (Lipinski definition) is 3. The number of amides is 2. The fourth-order valence-corrected chi connectivity index (χ4v) is 10.3. The Morgan fingerprint density at radius 3 is 2.33 bits per heavy atom. The number of nitrogens with one attached hydrogen (secondary N) is 2. The minimum atomic E-state index is -1.50. The molecule has 5 aliphatic rings. The van der Waals surface area contributed by atoms with E-state index >= 15 is 4.79 Å². The molecule has 17 nitrogen and oxygen atoms in total. The molecule has 1 saturated carbocycles. The first kappa shape index (κ1) is 52.6. The Morgan fingerprint density at radius 1 is 0.943 bits per heavy atom. The molecule has 8 atom stereocenters. The molecule has 17 heteroatoms. The summed E-state index contributed by atoms with van der Waals surface area (Å²) in [4.78, 5) is 87.7. The summed E-state index contributed by atoms with van der Waals surface area (Å²) >= 11 is 0. The monoisotopic (exact) mass is 973 g/mol. The van der Waals surface area contributed by atoms with Crippen LogP contribution in [0.1, 0.15) is 146 Å². The first-order chi connectivity index (χ1) is 33.3. The molecule has 4 aliphatic heterocycles. The third-order valence-corrected chi connectivity index (χ3v) is 13.8. The van der Waals surface area contributed by atoms with Crippen molar-refractivity contribution >= 4 is 41.8 Å². The average molecular weight is 974 g/mol. The van der Waals surface area contributed by atoms with Gasteiger partial charge in [0.25, 0.3) is 5.91 Å². The number of benzene rings is 2. The van der Waals surface area contributed by atoms with Gasteiger partial charge in [0.2, 0.25) is 12.0 Å². The molecular weight excluding hydrogens is 903 g/mol. The van der Waals surface area contributed by atoms with Crippen molar-refractivity contribution < 1.29 is 67.1 Å². The Labute approximate surface area is 410 Å². The van der Waals surface area contributed by atoms with Crippen molar-refractivity contribution in [3.8, 4) is 0 Å². The third-order valence-electron chi connectivity index (χ3n) is 13.8. The van der Waals surface area contributed by atoms with Gasteiger partial charge in [0.15, 0.2) is 11.8 Å². The van der Waals surface area contributed by atoms with Crippen molar-refractivity contribution in [3.05, 3.63) is 76.9 Å². The summed E-state index contributed by atoms with van der Waals surface area (Å²) in [5.41, 5.74) is -0.707. The van der Waals surface area contributed by atoms with E-state index in [1.54, 1.807) is 77.1 Å². The highest BCUT2D eigenvalue weighted by Gasteiger charge is 2.76. The number of rotatable bonds is 22. The predicted molar refractivity (Wildman–Crippen MR) is 254 cm³/mol. The number of fused-ring (bicyclic) bond motifs is 4. The zero-order chi connectivity index (χ0) is 50.4. The molecule has 0 radical (unpaired) electrons. The van der Waals surface area contributed by atoms with Crippen LogP contribution in [0.25, 0.3) is 6.08 Å². The molecule has 70 heavy (non-hydrogen) atoms. The fourth-order valence-electron chi connectivity index (χ4n) is 10.3. The minimum Gasteiger partial charge on any atom is -0.462 e. The SMILES string of the molecule is CCCCCC1(CCCCC)O[C@@H]2[C@H](O1)[C@H]1ON(Cc3ccccc3C=CC(=O)O[C@H]3C(=O)OCC3(C)C)[C@@H]3C(=O)O[C@@H]2C[C@]13C(=O)NCc1cccc(C(=O)N[C@H](CO)CCC(=O)OC(C)(C)C)c1. The van der Waals surface area contributed by atoms with Crippen molar-refractivity contribution in [2.24, 2.45) is 10.8 Å². The number of ether oxygens (including phenoxy) is 6. The normalized spacial score (nSPS) is 26.8. The number of aliphatic hydroxyl groups is 1. The van der Waals surface area contributed by atoms with Crippen LogP contribution in [0, 0.1) is 10.8 Å². The highest BCUT2D eigenvalue weighted by atomic mass is 16.8. The maximum atomic E-state index is 15.2. The molecule has 2 aromatic rings. The molecule has 4 heterocycles. The Bertz CT molecular complexity index is 2260. The summed E-state index contributed by atoms with van der Waals surface area (Å²) in [5.74, 6) is -4.29. The van der Waals surface area contributed by atoms with Crippen LogP contribution in [-0.2, 0) is 70.3 Å². The zero-order valence-electron chi connectivity index (χ0n) is 41.6. The lowest BCUT2D eigenvalue weighted by Crippen LogP contribution is -2.69. The number of hydroxylamine groups is 2. The second-order valence-corrected chi connectivity index (χ2v) is 21.0. The van der Waals surface area contributed by atoms with Crippen LogP contribution < -0.4 is 10.6 Å². The lowest BCUT2D eigenvalue weighted by Gasteiger charge is -2.48. The van der Waals surface area contributed by atoms with E-state index in [9.17, 15) is 29.1 Å². The highest BCUT2D eigenvalue weighted by molar-refractivity contribution is 5.95. The Kier molecular flexibility index (Phi) is 16.6. The van der Waals surface area contributed by atoms with Crippen molar-refractivity contribution in [3.63, 3.8) is 0 Å². The van der Waals surface area contributed by atoms with E-state index in [1.807, 2.05) is 12.1 Å². The van der Waals surface area contributed by atoms with Crippen LogP contribution in [0.4, 0.5) is 0 Å². The lowest BCUT2D eigenvalue weighted by atomic mass is 9.62. The Hall–Kier alpha value is -5.20. The quantitative estimate of drug-likeness (QED) is 0.0521. The molecule has 5 fully saturated rings. The molecular formula is C53H71N3O14. The number of esters is 4. The van der Waals surface area contributed by atoms with Crippen LogP contribution in [0.15, 0.2) is 54.6 Å². The maximum absolute atomic E-state index is 15.2. The molecule has 2 bridgehead atoms. The number of cyclic esters (lactones) is 1. The molecule has 2 amide bonds.